The molecular formula is C15H15BO2. The predicted octanol–water partition coefficient (Wildman–Crippen LogP) is 3.23. The molecule has 0 amide bonds. The minimum absolute atomic E-state index is 0.509. The van der Waals surface area contributed by atoms with Crippen LogP contribution in [0, 0.1) is 0 Å². The summed E-state index contributed by atoms with van der Waals surface area (Å²) in [4.78, 5) is 0. The van der Waals surface area contributed by atoms with E-state index in [1.165, 1.54) is 0 Å². The van der Waals surface area contributed by atoms with Gasteiger partial charge in [0.05, 0.1) is 14.5 Å². The molecule has 0 aromatic heterocycles. The van der Waals surface area contributed by atoms with E-state index in [9.17, 15) is 0 Å². The van der Waals surface area contributed by atoms with Crippen molar-refractivity contribution in [1.82, 2.24) is 0 Å². The molecule has 2 aromatic carbocycles. The van der Waals surface area contributed by atoms with Crippen molar-refractivity contribution in [2.24, 2.45) is 0 Å². The van der Waals surface area contributed by atoms with Crippen molar-refractivity contribution in [3.63, 3.8) is 0 Å². The summed E-state index contributed by atoms with van der Waals surface area (Å²) < 4.78 is 11.1. The van der Waals surface area contributed by atoms with Gasteiger partial charge in [-0.25, -0.2) is 0 Å². The summed E-state index contributed by atoms with van der Waals surface area (Å²) in [6.07, 6.45) is 0.509. The van der Waals surface area contributed by atoms with Crippen LogP contribution in [0.25, 0.3) is 0 Å². The molecule has 18 heavy (non-hydrogen) atoms. The summed E-state index contributed by atoms with van der Waals surface area (Å²) >= 11 is 0. The van der Waals surface area contributed by atoms with Gasteiger partial charge >= 0.3 is 0 Å². The minimum atomic E-state index is 0.509. The smallest absolute Gasteiger partial charge is 0.123 e. The topological polar surface area (TPSA) is 18.5 Å². The van der Waals surface area contributed by atoms with Crippen molar-refractivity contribution in [3.8, 4) is 11.5 Å². The second-order valence-corrected chi connectivity index (χ2v) is 3.89. The van der Waals surface area contributed by atoms with Crippen LogP contribution in [0.5, 0.6) is 11.5 Å². The van der Waals surface area contributed by atoms with Crippen LogP contribution >= 0.6 is 0 Å². The van der Waals surface area contributed by atoms with Crippen LogP contribution in [-0.2, 0) is 6.61 Å². The SMILES string of the molecule is [B]CCOc1cccc(OCc2ccccc2)c1. The lowest BCUT2D eigenvalue weighted by Gasteiger charge is -2.09. The molecule has 2 radical (unpaired) electrons. The van der Waals surface area contributed by atoms with Crippen LogP contribution in [0.2, 0.25) is 6.32 Å². The highest BCUT2D eigenvalue weighted by atomic mass is 16.5. The lowest BCUT2D eigenvalue weighted by Crippen LogP contribution is -1.98. The molecule has 0 aliphatic carbocycles. The summed E-state index contributed by atoms with van der Waals surface area (Å²) in [7, 11) is 5.39. The molecule has 2 nitrogen and oxygen atoms in total. The van der Waals surface area contributed by atoms with E-state index in [0.29, 0.717) is 19.5 Å². The average molecular weight is 238 g/mol. The first-order valence-corrected chi connectivity index (χ1v) is 5.98. The zero-order valence-corrected chi connectivity index (χ0v) is 10.2. The Kier molecular flexibility index (Phi) is 4.71. The molecule has 3 heteroatoms. The predicted molar refractivity (Wildman–Crippen MR) is 73.3 cm³/mol. The molecule has 0 aliphatic heterocycles. The van der Waals surface area contributed by atoms with Gasteiger partial charge < -0.3 is 9.47 Å². The third-order valence-corrected chi connectivity index (χ3v) is 2.44. The fraction of sp³-hybridized carbons (Fsp3) is 0.200. The van der Waals surface area contributed by atoms with Crippen molar-refractivity contribution < 1.29 is 9.47 Å². The molecule has 0 bridgehead atoms. The molecule has 0 atom stereocenters. The minimum Gasteiger partial charge on any atom is -0.494 e. The Morgan fingerprint density at radius 2 is 1.56 bits per heavy atom. The Labute approximate surface area is 109 Å². The lowest BCUT2D eigenvalue weighted by molar-refractivity contribution is 0.299. The van der Waals surface area contributed by atoms with Gasteiger partial charge in [0.15, 0.2) is 0 Å². The second kappa shape index (κ2) is 6.75. The molecule has 0 aliphatic rings. The Morgan fingerprint density at radius 3 is 2.28 bits per heavy atom. The van der Waals surface area contributed by atoms with E-state index in [0.717, 1.165) is 17.1 Å². The first-order chi connectivity index (χ1) is 8.88. The van der Waals surface area contributed by atoms with E-state index >= 15 is 0 Å². The number of ether oxygens (including phenoxy) is 2. The molecule has 2 aromatic rings. The molecule has 2 rings (SSSR count). The van der Waals surface area contributed by atoms with Crippen LogP contribution in [0.15, 0.2) is 54.6 Å². The summed E-state index contributed by atoms with van der Waals surface area (Å²) in [6.45, 7) is 1.07. The van der Waals surface area contributed by atoms with Crippen molar-refractivity contribution >= 4 is 7.85 Å². The van der Waals surface area contributed by atoms with E-state index < -0.39 is 0 Å². The Bertz CT molecular complexity index is 471. The van der Waals surface area contributed by atoms with E-state index in [2.05, 4.69) is 0 Å². The second-order valence-electron chi connectivity index (χ2n) is 3.89. The molecular weight excluding hydrogens is 223 g/mol. The quantitative estimate of drug-likeness (QED) is 0.719. The molecule has 0 N–H and O–H groups in total. The van der Waals surface area contributed by atoms with Crippen molar-refractivity contribution in [3.05, 3.63) is 60.2 Å². The Hall–Kier alpha value is -1.90. The maximum atomic E-state index is 5.70. The average Bonchev–Trinajstić information content (AvgIpc) is 2.44. The van der Waals surface area contributed by atoms with Crippen molar-refractivity contribution in [2.45, 2.75) is 12.9 Å². The highest BCUT2D eigenvalue weighted by Gasteiger charge is 1.98. The van der Waals surface area contributed by atoms with Gasteiger partial charge in [-0.2, -0.15) is 0 Å². The van der Waals surface area contributed by atoms with Gasteiger partial charge in [-0.3, -0.25) is 0 Å². The number of rotatable bonds is 6. The summed E-state index contributed by atoms with van der Waals surface area (Å²) in [5, 5.41) is 0. The third-order valence-electron chi connectivity index (χ3n) is 2.44. The molecule has 0 fully saturated rings. The first kappa shape index (κ1) is 12.6. The van der Waals surface area contributed by atoms with Crippen LogP contribution in [0.4, 0.5) is 0 Å². The van der Waals surface area contributed by atoms with Gasteiger partial charge in [0, 0.05) is 6.07 Å². The largest absolute Gasteiger partial charge is 0.494 e. The van der Waals surface area contributed by atoms with Crippen molar-refractivity contribution in [1.29, 1.82) is 0 Å². The van der Waals surface area contributed by atoms with E-state index in [1.54, 1.807) is 0 Å². The zero-order valence-electron chi connectivity index (χ0n) is 10.2. The normalized spacial score (nSPS) is 10.0. The van der Waals surface area contributed by atoms with Gasteiger partial charge in [-0.1, -0.05) is 42.7 Å². The molecule has 0 saturated heterocycles. The van der Waals surface area contributed by atoms with E-state index in [-0.39, 0.29) is 0 Å². The molecule has 0 saturated carbocycles. The van der Waals surface area contributed by atoms with E-state index in [1.807, 2.05) is 54.6 Å². The Morgan fingerprint density at radius 1 is 0.833 bits per heavy atom. The van der Waals surface area contributed by atoms with Crippen LogP contribution in [0.1, 0.15) is 5.56 Å². The van der Waals surface area contributed by atoms with Crippen LogP contribution in [0.3, 0.4) is 0 Å². The van der Waals surface area contributed by atoms with Gasteiger partial charge in [-0.15, -0.1) is 0 Å². The van der Waals surface area contributed by atoms with Crippen molar-refractivity contribution in [2.75, 3.05) is 6.61 Å². The molecule has 0 spiro atoms. The molecule has 0 heterocycles. The standard InChI is InChI=1S/C15H15BO2/c16-9-10-17-14-7-4-8-15(11-14)18-12-13-5-2-1-3-6-13/h1-8,11H,9-10,12H2. The van der Waals surface area contributed by atoms with E-state index in [4.69, 9.17) is 17.3 Å². The third kappa shape index (κ3) is 3.84. The van der Waals surface area contributed by atoms with Crippen LogP contribution in [-0.4, -0.2) is 14.5 Å². The van der Waals surface area contributed by atoms with Gasteiger partial charge in [-0.05, 0) is 17.7 Å². The first-order valence-electron chi connectivity index (χ1n) is 5.98. The monoisotopic (exact) mass is 238 g/mol. The molecule has 90 valence electrons. The zero-order chi connectivity index (χ0) is 12.6. The maximum absolute atomic E-state index is 5.70. The number of benzene rings is 2. The number of hydrogen-bond donors (Lipinski definition) is 0. The van der Waals surface area contributed by atoms with Gasteiger partial charge in [0.25, 0.3) is 0 Å². The van der Waals surface area contributed by atoms with Gasteiger partial charge in [0.2, 0.25) is 0 Å². The summed E-state index contributed by atoms with van der Waals surface area (Å²) in [6, 6.07) is 17.7. The maximum Gasteiger partial charge on any atom is 0.123 e. The highest BCUT2D eigenvalue weighted by Crippen LogP contribution is 2.20. The highest BCUT2D eigenvalue weighted by molar-refractivity contribution is 6.08. The van der Waals surface area contributed by atoms with Crippen LogP contribution < -0.4 is 9.47 Å². The number of hydrogen-bond acceptors (Lipinski definition) is 2. The molecule has 0 unspecified atom stereocenters. The fourth-order valence-corrected chi connectivity index (χ4v) is 1.57. The summed E-state index contributed by atoms with van der Waals surface area (Å²) in [5.74, 6) is 1.58. The fourth-order valence-electron chi connectivity index (χ4n) is 1.57. The lowest BCUT2D eigenvalue weighted by atomic mass is 10.1. The van der Waals surface area contributed by atoms with Gasteiger partial charge in [0.1, 0.15) is 18.1 Å². The summed E-state index contributed by atoms with van der Waals surface area (Å²) in [5.41, 5.74) is 1.14. The Balaban J connectivity index is 1.93.